The van der Waals surface area contributed by atoms with E-state index in [1.807, 2.05) is 6.92 Å². The van der Waals surface area contributed by atoms with E-state index < -0.39 is 0 Å². The normalized spacial score (nSPS) is 11.6. The zero-order chi connectivity index (χ0) is 22.4. The van der Waals surface area contributed by atoms with Crippen molar-refractivity contribution in [2.75, 3.05) is 18.2 Å². The number of hydrogen-bond acceptors (Lipinski definition) is 6. The van der Waals surface area contributed by atoms with E-state index in [-0.39, 0.29) is 23.6 Å². The molecule has 31 heavy (non-hydrogen) atoms. The Balaban J connectivity index is 1.56. The number of carbonyl (C=O) groups is 2. The van der Waals surface area contributed by atoms with Gasteiger partial charge in [-0.25, -0.2) is 0 Å². The number of aromatic nitrogens is 3. The second-order valence-electron chi connectivity index (χ2n) is 6.67. The predicted octanol–water partition coefficient (Wildman–Crippen LogP) is 3.70. The van der Waals surface area contributed by atoms with Crippen molar-refractivity contribution in [3.63, 3.8) is 0 Å². The number of benzene rings is 2. The lowest BCUT2D eigenvalue weighted by molar-refractivity contribution is -0.113. The lowest BCUT2D eigenvalue weighted by Gasteiger charge is -2.14. The van der Waals surface area contributed by atoms with Gasteiger partial charge in [-0.3, -0.25) is 9.59 Å². The van der Waals surface area contributed by atoms with Gasteiger partial charge in [0.1, 0.15) is 5.75 Å². The molecule has 2 N–H and O–H groups in total. The van der Waals surface area contributed by atoms with Gasteiger partial charge in [0.25, 0.3) is 5.91 Å². The summed E-state index contributed by atoms with van der Waals surface area (Å²) in [5.74, 6) is 1.04. The van der Waals surface area contributed by atoms with Crippen LogP contribution in [0.2, 0.25) is 5.02 Å². The number of nitrogens with zero attached hydrogens (tertiary/aromatic N) is 3. The van der Waals surface area contributed by atoms with Crippen LogP contribution in [-0.2, 0) is 11.8 Å². The number of carbonyl (C=O) groups excluding carboxylic acids is 2. The number of rotatable bonds is 8. The smallest absolute Gasteiger partial charge is 0.251 e. The minimum Gasteiger partial charge on any atom is -0.497 e. The highest BCUT2D eigenvalue weighted by Crippen LogP contribution is 2.20. The topological polar surface area (TPSA) is 98.1 Å². The molecule has 3 rings (SSSR count). The largest absolute Gasteiger partial charge is 0.497 e. The molecule has 0 saturated heterocycles. The molecule has 162 valence electrons. The summed E-state index contributed by atoms with van der Waals surface area (Å²) in [7, 11) is 3.37. The third-order valence-electron chi connectivity index (χ3n) is 4.42. The first kappa shape index (κ1) is 22.6. The summed E-state index contributed by atoms with van der Waals surface area (Å²) >= 11 is 7.11. The average molecular weight is 460 g/mol. The van der Waals surface area contributed by atoms with Gasteiger partial charge in [-0.15, -0.1) is 10.2 Å². The summed E-state index contributed by atoms with van der Waals surface area (Å²) in [4.78, 5) is 24.7. The Morgan fingerprint density at radius 2 is 1.81 bits per heavy atom. The maximum Gasteiger partial charge on any atom is 0.251 e. The summed E-state index contributed by atoms with van der Waals surface area (Å²) in [5, 5.41) is 15.2. The number of thioether (sulfide) groups is 1. The minimum absolute atomic E-state index is 0.168. The van der Waals surface area contributed by atoms with E-state index in [2.05, 4.69) is 20.8 Å². The Hall–Kier alpha value is -3.04. The van der Waals surface area contributed by atoms with E-state index in [0.717, 1.165) is 0 Å². The van der Waals surface area contributed by atoms with Gasteiger partial charge in [0.05, 0.1) is 18.9 Å². The molecule has 0 aliphatic rings. The Morgan fingerprint density at radius 3 is 2.45 bits per heavy atom. The van der Waals surface area contributed by atoms with Crippen molar-refractivity contribution in [3.05, 3.63) is 64.9 Å². The van der Waals surface area contributed by atoms with Gasteiger partial charge in [0.2, 0.25) is 5.91 Å². The molecule has 3 aromatic rings. The first-order valence-electron chi connectivity index (χ1n) is 9.40. The van der Waals surface area contributed by atoms with Gasteiger partial charge in [-0.1, -0.05) is 23.4 Å². The van der Waals surface area contributed by atoms with Crippen LogP contribution >= 0.6 is 23.4 Å². The molecule has 10 heteroatoms. The van der Waals surface area contributed by atoms with Crippen LogP contribution in [0.1, 0.15) is 29.1 Å². The van der Waals surface area contributed by atoms with Crippen molar-refractivity contribution >= 4 is 40.9 Å². The van der Waals surface area contributed by atoms with Gasteiger partial charge in [0, 0.05) is 23.3 Å². The Labute approximate surface area is 189 Å². The number of anilines is 1. The molecule has 2 aromatic carbocycles. The van der Waals surface area contributed by atoms with Crippen LogP contribution in [0.15, 0.2) is 53.7 Å². The molecule has 8 nitrogen and oxygen atoms in total. The van der Waals surface area contributed by atoms with Crippen LogP contribution in [0, 0.1) is 0 Å². The zero-order valence-electron chi connectivity index (χ0n) is 17.3. The SMILES string of the molecule is COc1ccc(C(=O)N[C@@H](C)c2nnc(SCC(=O)Nc3ccc(Cl)cc3)n2C)cc1. The molecular weight excluding hydrogens is 438 g/mol. The Bertz CT molecular complexity index is 1050. The van der Waals surface area contributed by atoms with E-state index in [1.165, 1.54) is 11.8 Å². The molecule has 0 aliphatic carbocycles. The highest BCUT2D eigenvalue weighted by molar-refractivity contribution is 7.99. The van der Waals surface area contributed by atoms with Crippen molar-refractivity contribution in [3.8, 4) is 5.75 Å². The maximum absolute atomic E-state index is 12.5. The molecule has 2 amide bonds. The summed E-state index contributed by atoms with van der Waals surface area (Å²) in [6.07, 6.45) is 0. The van der Waals surface area contributed by atoms with Crippen molar-refractivity contribution in [1.82, 2.24) is 20.1 Å². The van der Waals surface area contributed by atoms with Crippen LogP contribution < -0.4 is 15.4 Å². The second-order valence-corrected chi connectivity index (χ2v) is 8.05. The lowest BCUT2D eigenvalue weighted by Crippen LogP contribution is -2.28. The molecule has 0 radical (unpaired) electrons. The van der Waals surface area contributed by atoms with Crippen molar-refractivity contribution in [2.24, 2.45) is 7.05 Å². The van der Waals surface area contributed by atoms with E-state index >= 15 is 0 Å². The Morgan fingerprint density at radius 1 is 1.13 bits per heavy atom. The molecule has 0 unspecified atom stereocenters. The fraction of sp³-hybridized carbons (Fsp3) is 0.238. The summed E-state index contributed by atoms with van der Waals surface area (Å²) in [6.45, 7) is 1.83. The second kappa shape index (κ2) is 10.3. The minimum atomic E-state index is -0.371. The van der Waals surface area contributed by atoms with Gasteiger partial charge >= 0.3 is 0 Å². The van der Waals surface area contributed by atoms with Gasteiger partial charge in [-0.05, 0) is 55.5 Å². The average Bonchev–Trinajstić information content (AvgIpc) is 3.14. The van der Waals surface area contributed by atoms with E-state index in [1.54, 1.807) is 67.3 Å². The van der Waals surface area contributed by atoms with E-state index in [4.69, 9.17) is 16.3 Å². The Kier molecular flexibility index (Phi) is 7.54. The van der Waals surface area contributed by atoms with Gasteiger partial charge < -0.3 is 19.9 Å². The third-order valence-corrected chi connectivity index (χ3v) is 5.69. The monoisotopic (exact) mass is 459 g/mol. The van der Waals surface area contributed by atoms with Crippen molar-refractivity contribution in [2.45, 2.75) is 18.1 Å². The van der Waals surface area contributed by atoms with Crippen molar-refractivity contribution < 1.29 is 14.3 Å². The molecule has 0 bridgehead atoms. The summed E-state index contributed by atoms with van der Waals surface area (Å²) < 4.78 is 6.87. The zero-order valence-corrected chi connectivity index (χ0v) is 18.8. The molecule has 1 heterocycles. The van der Waals surface area contributed by atoms with Crippen LogP contribution in [0.4, 0.5) is 5.69 Å². The lowest BCUT2D eigenvalue weighted by atomic mass is 10.2. The fourth-order valence-corrected chi connectivity index (χ4v) is 3.62. The standard InChI is InChI=1S/C21H22ClN5O3S/c1-13(23-20(29)14-4-10-17(30-3)11-5-14)19-25-26-21(27(19)2)31-12-18(28)24-16-8-6-15(22)7-9-16/h4-11,13H,12H2,1-3H3,(H,23,29)(H,24,28)/t13-/m0/s1. The van der Waals surface area contributed by atoms with Crippen LogP contribution in [0.25, 0.3) is 0 Å². The highest BCUT2D eigenvalue weighted by atomic mass is 35.5. The highest BCUT2D eigenvalue weighted by Gasteiger charge is 2.19. The fourth-order valence-electron chi connectivity index (χ4n) is 2.78. The summed E-state index contributed by atoms with van der Waals surface area (Å²) in [6, 6.07) is 13.4. The predicted molar refractivity (Wildman–Crippen MR) is 121 cm³/mol. The molecule has 1 aromatic heterocycles. The van der Waals surface area contributed by atoms with E-state index in [9.17, 15) is 9.59 Å². The third kappa shape index (κ3) is 5.99. The molecule has 0 saturated carbocycles. The van der Waals surface area contributed by atoms with Gasteiger partial charge in [0.15, 0.2) is 11.0 Å². The van der Waals surface area contributed by atoms with Crippen LogP contribution in [0.5, 0.6) is 5.75 Å². The summed E-state index contributed by atoms with van der Waals surface area (Å²) in [5.41, 5.74) is 1.19. The van der Waals surface area contributed by atoms with Gasteiger partial charge in [-0.2, -0.15) is 0 Å². The quantitative estimate of drug-likeness (QED) is 0.498. The molecular formula is C21H22ClN5O3S. The number of hydrogen-bond donors (Lipinski definition) is 2. The number of methoxy groups -OCH3 is 1. The van der Waals surface area contributed by atoms with Crippen molar-refractivity contribution in [1.29, 1.82) is 0 Å². The molecule has 0 fully saturated rings. The van der Waals surface area contributed by atoms with Crippen LogP contribution in [-0.4, -0.2) is 39.4 Å². The number of nitrogens with one attached hydrogen (secondary N) is 2. The molecule has 0 spiro atoms. The first-order valence-corrected chi connectivity index (χ1v) is 10.8. The molecule has 1 atom stereocenters. The number of amides is 2. The van der Waals surface area contributed by atoms with E-state index in [0.29, 0.717) is 33.0 Å². The number of halogens is 1. The number of ether oxygens (including phenoxy) is 1. The van der Waals surface area contributed by atoms with Crippen LogP contribution in [0.3, 0.4) is 0 Å². The first-order chi connectivity index (χ1) is 14.9. The maximum atomic E-state index is 12.5. The molecule has 0 aliphatic heterocycles.